The quantitative estimate of drug-likeness (QED) is 0.323. The summed E-state index contributed by atoms with van der Waals surface area (Å²) in [7, 11) is 0. The molecule has 5 aromatic rings. The van der Waals surface area contributed by atoms with Crippen molar-refractivity contribution in [2.45, 2.75) is 13.8 Å². The molecule has 0 saturated carbocycles. The van der Waals surface area contributed by atoms with E-state index >= 15 is 0 Å². The molecule has 0 radical (unpaired) electrons. The van der Waals surface area contributed by atoms with Crippen molar-refractivity contribution in [2.24, 2.45) is 0 Å². The summed E-state index contributed by atoms with van der Waals surface area (Å²) >= 11 is 1.28. The van der Waals surface area contributed by atoms with Gasteiger partial charge in [-0.2, -0.15) is 0 Å². The highest BCUT2D eigenvalue weighted by Gasteiger charge is 2.17. The molecule has 148 valence electrons. The van der Waals surface area contributed by atoms with E-state index in [2.05, 4.69) is 4.98 Å². The summed E-state index contributed by atoms with van der Waals surface area (Å²) in [5, 5.41) is 11.3. The Morgan fingerprint density at radius 3 is 2.70 bits per heavy atom. The Balaban J connectivity index is 1.63. The second kappa shape index (κ2) is 6.64. The highest BCUT2D eigenvalue weighted by atomic mass is 32.1. The first-order chi connectivity index (χ1) is 14.4. The van der Waals surface area contributed by atoms with Crippen LogP contribution in [0.3, 0.4) is 0 Å². The summed E-state index contributed by atoms with van der Waals surface area (Å²) < 4.78 is 7.89. The fourth-order valence-electron chi connectivity index (χ4n) is 3.46. The van der Waals surface area contributed by atoms with Crippen LogP contribution in [0.1, 0.15) is 16.9 Å². The number of hydrogen-bond donors (Lipinski definition) is 0. The highest BCUT2D eigenvalue weighted by Crippen LogP contribution is 2.31. The molecular weight excluding hydrogens is 402 g/mol. The summed E-state index contributed by atoms with van der Waals surface area (Å²) in [6.07, 6.45) is 1.65. The molecule has 3 heterocycles. The average Bonchev–Trinajstić information content (AvgIpc) is 3.39. The minimum Gasteiger partial charge on any atom is -0.456 e. The number of nitro groups is 1. The van der Waals surface area contributed by atoms with E-state index in [0.29, 0.717) is 26.6 Å². The van der Waals surface area contributed by atoms with Gasteiger partial charge in [0.25, 0.3) is 11.2 Å². The summed E-state index contributed by atoms with van der Waals surface area (Å²) in [5.41, 5.74) is 4.01. The van der Waals surface area contributed by atoms with E-state index in [1.165, 1.54) is 17.4 Å². The molecule has 0 atom stereocenters. The van der Waals surface area contributed by atoms with Crippen molar-refractivity contribution in [3.63, 3.8) is 0 Å². The number of aryl methyl sites for hydroxylation is 2. The predicted molar refractivity (Wildman–Crippen MR) is 116 cm³/mol. The molecule has 0 bridgehead atoms. The maximum atomic E-state index is 13.0. The normalized spacial score (nSPS) is 12.3. The van der Waals surface area contributed by atoms with Gasteiger partial charge in [0.05, 0.1) is 21.5 Å². The summed E-state index contributed by atoms with van der Waals surface area (Å²) in [4.78, 5) is 29.0. The summed E-state index contributed by atoms with van der Waals surface area (Å²) in [5.74, 6) is 0.819. The molecule has 2 aromatic carbocycles. The third kappa shape index (κ3) is 2.81. The number of thiazole rings is 1. The lowest BCUT2D eigenvalue weighted by Crippen LogP contribution is -2.22. The van der Waals surface area contributed by atoms with Crippen molar-refractivity contribution < 1.29 is 9.34 Å². The van der Waals surface area contributed by atoms with E-state index in [1.54, 1.807) is 40.8 Å². The zero-order valence-electron chi connectivity index (χ0n) is 16.1. The van der Waals surface area contributed by atoms with Crippen LogP contribution in [0.15, 0.2) is 57.7 Å². The Morgan fingerprint density at radius 2 is 1.90 bits per heavy atom. The first-order valence-electron chi connectivity index (χ1n) is 9.20. The van der Waals surface area contributed by atoms with Crippen molar-refractivity contribution in [3.05, 3.63) is 90.4 Å². The minimum atomic E-state index is -0.444. The number of benzene rings is 2. The first kappa shape index (κ1) is 18.3. The van der Waals surface area contributed by atoms with Gasteiger partial charge in [0, 0.05) is 12.1 Å². The number of nitrogens with zero attached hydrogens (tertiary/aromatic N) is 3. The van der Waals surface area contributed by atoms with Gasteiger partial charge in [-0.05, 0) is 55.3 Å². The fourth-order valence-corrected chi connectivity index (χ4v) is 4.43. The van der Waals surface area contributed by atoms with Crippen molar-refractivity contribution in [1.82, 2.24) is 9.38 Å². The molecule has 0 unspecified atom stereocenters. The molecule has 0 saturated heterocycles. The zero-order valence-corrected chi connectivity index (χ0v) is 16.9. The average molecular weight is 417 g/mol. The van der Waals surface area contributed by atoms with Crippen LogP contribution in [0.25, 0.3) is 33.4 Å². The van der Waals surface area contributed by atoms with Crippen molar-refractivity contribution >= 4 is 39.1 Å². The number of rotatable bonds is 3. The molecule has 0 aliphatic heterocycles. The van der Waals surface area contributed by atoms with E-state index in [-0.39, 0.29) is 11.2 Å². The third-order valence-corrected chi connectivity index (χ3v) is 6.09. The van der Waals surface area contributed by atoms with Gasteiger partial charge in [-0.3, -0.25) is 14.9 Å². The first-order valence-corrected chi connectivity index (χ1v) is 10.0. The molecule has 30 heavy (non-hydrogen) atoms. The standard InChI is InChI=1S/C22H15N3O4S/c1-12-9-16-18(10-13(12)2)24-21(26)20(30-22(24)23-16)11-14-7-8-19(29-14)15-5-3-4-6-17(15)25(27)28/h3-11H,1-2H3. The Labute approximate surface area is 173 Å². The largest absolute Gasteiger partial charge is 0.456 e. The molecule has 0 spiro atoms. The van der Waals surface area contributed by atoms with Crippen molar-refractivity contribution in [3.8, 4) is 11.3 Å². The van der Waals surface area contributed by atoms with Gasteiger partial charge >= 0.3 is 0 Å². The Kier molecular flexibility index (Phi) is 4.04. The molecule has 3 aromatic heterocycles. The van der Waals surface area contributed by atoms with Crippen LogP contribution in [0.2, 0.25) is 0 Å². The fraction of sp³-hybridized carbons (Fsp3) is 0.0909. The second-order valence-corrected chi connectivity index (χ2v) is 8.06. The molecule has 5 rings (SSSR count). The topological polar surface area (TPSA) is 90.7 Å². The Morgan fingerprint density at radius 1 is 1.13 bits per heavy atom. The predicted octanol–water partition coefficient (Wildman–Crippen LogP) is 4.24. The van der Waals surface area contributed by atoms with Gasteiger partial charge in [0.2, 0.25) is 0 Å². The summed E-state index contributed by atoms with van der Waals surface area (Å²) in [6.45, 7) is 4.02. The minimum absolute atomic E-state index is 0.0327. The van der Waals surface area contributed by atoms with E-state index < -0.39 is 4.92 Å². The lowest BCUT2D eigenvalue weighted by molar-refractivity contribution is -0.384. The Bertz CT molecular complexity index is 1580. The van der Waals surface area contributed by atoms with Crippen LogP contribution in [0, 0.1) is 24.0 Å². The molecule has 0 aliphatic carbocycles. The van der Waals surface area contributed by atoms with Gasteiger partial charge in [-0.1, -0.05) is 23.5 Å². The van der Waals surface area contributed by atoms with Gasteiger partial charge in [-0.25, -0.2) is 9.38 Å². The number of para-hydroxylation sites is 1. The molecule has 0 N–H and O–H groups in total. The highest BCUT2D eigenvalue weighted by molar-refractivity contribution is 7.15. The molecule has 7 nitrogen and oxygen atoms in total. The molecule has 8 heteroatoms. The van der Waals surface area contributed by atoms with Crippen LogP contribution in [-0.4, -0.2) is 14.3 Å². The van der Waals surface area contributed by atoms with E-state index in [1.807, 2.05) is 26.0 Å². The lowest BCUT2D eigenvalue weighted by atomic mass is 10.1. The van der Waals surface area contributed by atoms with Gasteiger partial charge < -0.3 is 4.42 Å². The van der Waals surface area contributed by atoms with E-state index in [0.717, 1.165) is 22.2 Å². The van der Waals surface area contributed by atoms with E-state index in [4.69, 9.17) is 4.42 Å². The van der Waals surface area contributed by atoms with Gasteiger partial charge in [-0.15, -0.1) is 0 Å². The number of hydrogen-bond acceptors (Lipinski definition) is 6. The van der Waals surface area contributed by atoms with Crippen molar-refractivity contribution in [1.29, 1.82) is 0 Å². The number of aromatic nitrogens is 2. The van der Waals surface area contributed by atoms with Crippen LogP contribution in [0.4, 0.5) is 5.69 Å². The number of imidazole rings is 1. The maximum absolute atomic E-state index is 13.0. The number of fused-ring (bicyclic) bond motifs is 3. The molecule has 0 fully saturated rings. The van der Waals surface area contributed by atoms with Gasteiger partial charge in [0.1, 0.15) is 16.1 Å². The van der Waals surface area contributed by atoms with Crippen LogP contribution in [0.5, 0.6) is 0 Å². The SMILES string of the molecule is Cc1cc2nc3sc(=Cc4ccc(-c5ccccc5[N+](=O)[O-])o4)c(=O)n3c2cc1C. The monoisotopic (exact) mass is 417 g/mol. The number of nitro benzene ring substituents is 1. The van der Waals surface area contributed by atoms with Crippen molar-refractivity contribution in [2.75, 3.05) is 0 Å². The zero-order chi connectivity index (χ0) is 21.0. The van der Waals surface area contributed by atoms with Crippen LogP contribution >= 0.6 is 11.3 Å². The lowest BCUT2D eigenvalue weighted by Gasteiger charge is -1.98. The van der Waals surface area contributed by atoms with Gasteiger partial charge in [0.15, 0.2) is 4.96 Å². The van der Waals surface area contributed by atoms with E-state index in [9.17, 15) is 14.9 Å². The maximum Gasteiger partial charge on any atom is 0.280 e. The van der Waals surface area contributed by atoms with Crippen LogP contribution in [-0.2, 0) is 0 Å². The molecule has 0 amide bonds. The smallest absolute Gasteiger partial charge is 0.280 e. The second-order valence-electron chi connectivity index (χ2n) is 7.05. The Hall–Kier alpha value is -3.78. The third-order valence-electron chi connectivity index (χ3n) is 5.12. The molecule has 0 aliphatic rings. The van der Waals surface area contributed by atoms with Crippen LogP contribution < -0.4 is 10.1 Å². The number of furan rings is 1. The molecular formula is C22H15N3O4S. The summed E-state index contributed by atoms with van der Waals surface area (Å²) in [6, 6.07) is 13.7.